The highest BCUT2D eigenvalue weighted by Gasteiger charge is 2.29. The van der Waals surface area contributed by atoms with Gasteiger partial charge in [-0.25, -0.2) is 8.42 Å². The number of hydrogen-bond acceptors (Lipinski definition) is 5. The van der Waals surface area contributed by atoms with Gasteiger partial charge in [-0.3, -0.25) is 14.6 Å². The van der Waals surface area contributed by atoms with Gasteiger partial charge < -0.3 is 10.6 Å². The molecule has 2 N–H and O–H groups in total. The molecular formula is C14H19N3O4S. The van der Waals surface area contributed by atoms with Crippen LogP contribution in [-0.4, -0.2) is 48.8 Å². The van der Waals surface area contributed by atoms with Crippen LogP contribution in [0.2, 0.25) is 0 Å². The summed E-state index contributed by atoms with van der Waals surface area (Å²) in [5.74, 6) is -0.717. The fourth-order valence-electron chi connectivity index (χ4n) is 2.21. The lowest BCUT2D eigenvalue weighted by atomic mass is 10.2. The Morgan fingerprint density at radius 3 is 2.64 bits per heavy atom. The van der Waals surface area contributed by atoms with Gasteiger partial charge in [0.05, 0.1) is 11.5 Å². The van der Waals surface area contributed by atoms with Gasteiger partial charge in [-0.2, -0.15) is 0 Å². The predicted octanol–water partition coefficient (Wildman–Crippen LogP) is 0.137. The minimum atomic E-state index is -3.06. The summed E-state index contributed by atoms with van der Waals surface area (Å²) in [6.45, 7) is 3.68. The number of sulfone groups is 1. The molecule has 1 saturated heterocycles. The number of nitrogens with one attached hydrogen (secondary N) is 2. The second kappa shape index (κ2) is 6.43. The van der Waals surface area contributed by atoms with Crippen molar-refractivity contribution < 1.29 is 18.0 Å². The van der Waals surface area contributed by atoms with E-state index in [-0.39, 0.29) is 29.1 Å². The van der Waals surface area contributed by atoms with Gasteiger partial charge in [0.1, 0.15) is 5.69 Å². The Morgan fingerprint density at radius 2 is 2.05 bits per heavy atom. The van der Waals surface area contributed by atoms with Gasteiger partial charge in [0.25, 0.3) is 11.8 Å². The molecule has 0 aromatic carbocycles. The van der Waals surface area contributed by atoms with Gasteiger partial charge in [0.2, 0.25) is 0 Å². The van der Waals surface area contributed by atoms with Gasteiger partial charge in [-0.15, -0.1) is 0 Å². The second-order valence-electron chi connectivity index (χ2n) is 5.63. The lowest BCUT2D eigenvalue weighted by Gasteiger charge is -2.11. The minimum absolute atomic E-state index is 0.0124. The summed E-state index contributed by atoms with van der Waals surface area (Å²) in [4.78, 5) is 28.0. The summed E-state index contributed by atoms with van der Waals surface area (Å²) in [7, 11) is -3.06. The Morgan fingerprint density at radius 1 is 1.32 bits per heavy atom. The van der Waals surface area contributed by atoms with E-state index in [4.69, 9.17) is 0 Å². The Balaban J connectivity index is 2.06. The molecule has 1 atom stereocenters. The van der Waals surface area contributed by atoms with E-state index in [9.17, 15) is 18.0 Å². The van der Waals surface area contributed by atoms with E-state index in [0.717, 1.165) is 0 Å². The standard InChI is InChI=1S/C14H19N3O4S/c1-9(2)16-13(18)10-3-5-15-12(7-10)14(19)17-11-4-6-22(20,21)8-11/h3,5,7,9,11H,4,6,8H2,1-2H3,(H,16,18)(H,17,19). The van der Waals surface area contributed by atoms with Crippen LogP contribution in [-0.2, 0) is 9.84 Å². The Hall–Kier alpha value is -1.96. The van der Waals surface area contributed by atoms with Gasteiger partial charge in [-0.1, -0.05) is 0 Å². The molecule has 0 bridgehead atoms. The molecule has 1 aromatic rings. The third kappa shape index (κ3) is 4.27. The van der Waals surface area contributed by atoms with Crippen LogP contribution in [0.4, 0.5) is 0 Å². The molecule has 7 nitrogen and oxygen atoms in total. The highest BCUT2D eigenvalue weighted by atomic mass is 32.2. The molecule has 8 heteroatoms. The van der Waals surface area contributed by atoms with Crippen molar-refractivity contribution in [2.75, 3.05) is 11.5 Å². The second-order valence-corrected chi connectivity index (χ2v) is 7.86. The summed E-state index contributed by atoms with van der Waals surface area (Å²) in [6.07, 6.45) is 1.79. The molecule has 0 saturated carbocycles. The van der Waals surface area contributed by atoms with Crippen LogP contribution in [0.1, 0.15) is 41.1 Å². The number of hydrogen-bond donors (Lipinski definition) is 2. The molecule has 22 heavy (non-hydrogen) atoms. The number of nitrogens with zero attached hydrogens (tertiary/aromatic N) is 1. The molecule has 1 aromatic heterocycles. The molecule has 1 fully saturated rings. The summed E-state index contributed by atoms with van der Waals surface area (Å²) in [6, 6.07) is 2.51. The zero-order chi connectivity index (χ0) is 16.3. The normalized spacial score (nSPS) is 19.9. The maximum Gasteiger partial charge on any atom is 0.270 e. The van der Waals surface area contributed by atoms with Gasteiger partial charge >= 0.3 is 0 Å². The smallest absolute Gasteiger partial charge is 0.270 e. The van der Waals surface area contributed by atoms with Crippen molar-refractivity contribution in [3.63, 3.8) is 0 Å². The van der Waals surface area contributed by atoms with E-state index in [1.165, 1.54) is 18.3 Å². The first-order chi connectivity index (χ1) is 10.3. The van der Waals surface area contributed by atoms with Crippen molar-refractivity contribution in [2.24, 2.45) is 0 Å². The quantitative estimate of drug-likeness (QED) is 0.819. The largest absolute Gasteiger partial charge is 0.350 e. The molecule has 0 spiro atoms. The van der Waals surface area contributed by atoms with Crippen molar-refractivity contribution in [1.82, 2.24) is 15.6 Å². The topological polar surface area (TPSA) is 105 Å². The molecule has 1 unspecified atom stereocenters. The van der Waals surface area contributed by atoms with Crippen molar-refractivity contribution in [1.29, 1.82) is 0 Å². The maximum absolute atomic E-state index is 12.1. The van der Waals surface area contributed by atoms with Gasteiger partial charge in [0, 0.05) is 23.8 Å². The summed E-state index contributed by atoms with van der Waals surface area (Å²) in [5.41, 5.74) is 0.439. The van der Waals surface area contributed by atoms with Crippen LogP contribution >= 0.6 is 0 Å². The maximum atomic E-state index is 12.1. The van der Waals surface area contributed by atoms with Crippen molar-refractivity contribution in [3.05, 3.63) is 29.6 Å². The van der Waals surface area contributed by atoms with Gasteiger partial charge in [-0.05, 0) is 32.4 Å². The average Bonchev–Trinajstić information content (AvgIpc) is 2.77. The van der Waals surface area contributed by atoms with E-state index >= 15 is 0 Å². The summed E-state index contributed by atoms with van der Waals surface area (Å²) >= 11 is 0. The molecule has 2 rings (SSSR count). The Kier molecular flexibility index (Phi) is 4.80. The summed E-state index contributed by atoms with van der Waals surface area (Å²) < 4.78 is 22.8. The van der Waals surface area contributed by atoms with E-state index in [0.29, 0.717) is 12.0 Å². The Bertz CT molecular complexity index is 685. The number of carbonyl (C=O) groups is 2. The predicted molar refractivity (Wildman–Crippen MR) is 81.4 cm³/mol. The van der Waals surface area contributed by atoms with Crippen LogP contribution in [0.5, 0.6) is 0 Å². The zero-order valence-corrected chi connectivity index (χ0v) is 13.3. The fraction of sp³-hybridized carbons (Fsp3) is 0.500. The van der Waals surface area contributed by atoms with Crippen LogP contribution in [0.25, 0.3) is 0 Å². The van der Waals surface area contributed by atoms with Crippen LogP contribution in [0, 0.1) is 0 Å². The lowest BCUT2D eigenvalue weighted by molar-refractivity contribution is 0.0936. The molecule has 2 amide bonds. The minimum Gasteiger partial charge on any atom is -0.350 e. The van der Waals surface area contributed by atoms with Crippen LogP contribution < -0.4 is 10.6 Å². The van der Waals surface area contributed by atoms with E-state index in [1.807, 2.05) is 13.8 Å². The number of aromatic nitrogens is 1. The third-order valence-electron chi connectivity index (χ3n) is 3.24. The molecule has 0 radical (unpaired) electrons. The average molecular weight is 325 g/mol. The highest BCUT2D eigenvalue weighted by Crippen LogP contribution is 2.12. The molecule has 120 valence electrons. The molecule has 0 aliphatic carbocycles. The number of carbonyl (C=O) groups excluding carboxylic acids is 2. The highest BCUT2D eigenvalue weighted by molar-refractivity contribution is 7.91. The lowest BCUT2D eigenvalue weighted by Crippen LogP contribution is -2.36. The van der Waals surface area contributed by atoms with E-state index in [2.05, 4.69) is 15.6 Å². The van der Waals surface area contributed by atoms with E-state index < -0.39 is 21.8 Å². The van der Waals surface area contributed by atoms with E-state index in [1.54, 1.807) is 0 Å². The first-order valence-electron chi connectivity index (χ1n) is 7.05. The number of rotatable bonds is 4. The molecule has 1 aliphatic heterocycles. The summed E-state index contributed by atoms with van der Waals surface area (Å²) in [5, 5.41) is 5.38. The fourth-order valence-corrected chi connectivity index (χ4v) is 3.88. The first kappa shape index (κ1) is 16.4. The first-order valence-corrected chi connectivity index (χ1v) is 8.87. The molecular weight excluding hydrogens is 306 g/mol. The molecule has 2 heterocycles. The zero-order valence-electron chi connectivity index (χ0n) is 12.5. The van der Waals surface area contributed by atoms with Crippen LogP contribution in [0.3, 0.4) is 0 Å². The molecule has 1 aliphatic rings. The van der Waals surface area contributed by atoms with Crippen molar-refractivity contribution in [3.8, 4) is 0 Å². The van der Waals surface area contributed by atoms with Crippen molar-refractivity contribution in [2.45, 2.75) is 32.4 Å². The number of pyridine rings is 1. The van der Waals surface area contributed by atoms with Crippen LogP contribution in [0.15, 0.2) is 18.3 Å². The third-order valence-corrected chi connectivity index (χ3v) is 5.01. The van der Waals surface area contributed by atoms with Crippen molar-refractivity contribution >= 4 is 21.7 Å². The SMILES string of the molecule is CC(C)NC(=O)c1ccnc(C(=O)NC2CCS(=O)(=O)C2)c1. The van der Waals surface area contributed by atoms with Gasteiger partial charge in [0.15, 0.2) is 9.84 Å². The number of amides is 2. The monoisotopic (exact) mass is 325 g/mol. The Labute approximate surface area is 129 Å².